The predicted octanol–water partition coefficient (Wildman–Crippen LogP) is 3.13. The Morgan fingerprint density at radius 1 is 1.31 bits per heavy atom. The summed E-state index contributed by atoms with van der Waals surface area (Å²) in [6.45, 7) is 6.94. The van der Waals surface area contributed by atoms with E-state index in [0.717, 1.165) is 24.4 Å². The maximum atomic E-state index is 5.77. The van der Waals surface area contributed by atoms with E-state index >= 15 is 0 Å². The highest BCUT2D eigenvalue weighted by Gasteiger charge is 2.27. The Bertz CT molecular complexity index is 132. The van der Waals surface area contributed by atoms with Crippen molar-refractivity contribution < 1.29 is 0 Å². The van der Waals surface area contributed by atoms with Crippen LogP contribution in [0, 0.1) is 5.92 Å². The summed E-state index contributed by atoms with van der Waals surface area (Å²) in [4.78, 5) is 2.56. The Morgan fingerprint density at radius 2 is 2.00 bits per heavy atom. The molecule has 1 nitrogen and oxygen atoms in total. The average molecular weight is 204 g/mol. The number of halogens is 1. The lowest BCUT2D eigenvalue weighted by Gasteiger charge is -2.20. The Balaban J connectivity index is 2.07. The second-order valence-electron chi connectivity index (χ2n) is 4.49. The first-order valence-electron chi connectivity index (χ1n) is 5.54. The molecule has 0 saturated heterocycles. The van der Waals surface area contributed by atoms with Gasteiger partial charge >= 0.3 is 0 Å². The maximum absolute atomic E-state index is 5.77. The van der Waals surface area contributed by atoms with Crippen molar-refractivity contribution in [2.75, 3.05) is 19.0 Å². The Hall–Kier alpha value is 0.250. The molecule has 0 aromatic rings. The Morgan fingerprint density at radius 3 is 2.46 bits per heavy atom. The molecule has 0 N–H and O–H groups in total. The number of nitrogens with zero attached hydrogens (tertiary/aromatic N) is 1. The summed E-state index contributed by atoms with van der Waals surface area (Å²) in [6.07, 6.45) is 5.49. The molecular formula is C11H22ClN. The standard InChI is InChI=1S/C11H22ClN/c1-10(2)4-3-8-13(9-7-12)11-5-6-11/h10-11H,3-9H2,1-2H3. The van der Waals surface area contributed by atoms with Gasteiger partial charge in [0.25, 0.3) is 0 Å². The third-order valence-electron chi connectivity index (χ3n) is 2.66. The normalized spacial score (nSPS) is 17.3. The average Bonchev–Trinajstić information content (AvgIpc) is 2.84. The van der Waals surface area contributed by atoms with Crippen LogP contribution in [0.25, 0.3) is 0 Å². The van der Waals surface area contributed by atoms with E-state index in [4.69, 9.17) is 11.6 Å². The molecule has 0 atom stereocenters. The summed E-state index contributed by atoms with van der Waals surface area (Å²) in [7, 11) is 0. The summed E-state index contributed by atoms with van der Waals surface area (Å²) in [6, 6.07) is 0.880. The van der Waals surface area contributed by atoms with Crippen molar-refractivity contribution in [3.8, 4) is 0 Å². The van der Waals surface area contributed by atoms with Crippen molar-refractivity contribution >= 4 is 11.6 Å². The molecule has 0 radical (unpaired) electrons. The minimum absolute atomic E-state index is 0.790. The van der Waals surface area contributed by atoms with Crippen LogP contribution in [0.5, 0.6) is 0 Å². The van der Waals surface area contributed by atoms with Crippen LogP contribution >= 0.6 is 11.6 Å². The SMILES string of the molecule is CC(C)CCCN(CCCl)C1CC1. The number of alkyl halides is 1. The van der Waals surface area contributed by atoms with Crippen LogP contribution in [0.4, 0.5) is 0 Å². The summed E-state index contributed by atoms with van der Waals surface area (Å²) in [5.74, 6) is 1.63. The van der Waals surface area contributed by atoms with Gasteiger partial charge in [-0.25, -0.2) is 0 Å². The topological polar surface area (TPSA) is 3.24 Å². The molecule has 1 aliphatic carbocycles. The van der Waals surface area contributed by atoms with E-state index < -0.39 is 0 Å². The summed E-state index contributed by atoms with van der Waals surface area (Å²) >= 11 is 5.77. The molecule has 0 amide bonds. The molecule has 0 unspecified atom stereocenters. The van der Waals surface area contributed by atoms with E-state index in [0.29, 0.717) is 0 Å². The van der Waals surface area contributed by atoms with Crippen molar-refractivity contribution in [3.63, 3.8) is 0 Å². The second-order valence-corrected chi connectivity index (χ2v) is 4.87. The summed E-state index contributed by atoms with van der Waals surface area (Å²) in [5, 5.41) is 0. The van der Waals surface area contributed by atoms with Gasteiger partial charge in [0.2, 0.25) is 0 Å². The molecule has 78 valence electrons. The van der Waals surface area contributed by atoms with Crippen LogP contribution < -0.4 is 0 Å². The molecule has 1 fully saturated rings. The minimum atomic E-state index is 0.790. The van der Waals surface area contributed by atoms with E-state index in [-0.39, 0.29) is 0 Å². The minimum Gasteiger partial charge on any atom is -0.299 e. The van der Waals surface area contributed by atoms with E-state index in [9.17, 15) is 0 Å². The Kier molecular flexibility index (Phi) is 5.12. The second kappa shape index (κ2) is 5.87. The highest BCUT2D eigenvalue weighted by atomic mass is 35.5. The number of rotatable bonds is 7. The molecular weight excluding hydrogens is 182 g/mol. The molecule has 1 rings (SSSR count). The fourth-order valence-electron chi connectivity index (χ4n) is 1.73. The van der Waals surface area contributed by atoms with Gasteiger partial charge in [-0.05, 0) is 38.1 Å². The van der Waals surface area contributed by atoms with E-state index in [1.54, 1.807) is 0 Å². The predicted molar refractivity (Wildman–Crippen MR) is 59.4 cm³/mol. The van der Waals surface area contributed by atoms with Gasteiger partial charge < -0.3 is 0 Å². The third kappa shape index (κ3) is 4.87. The van der Waals surface area contributed by atoms with Crippen LogP contribution in [0.3, 0.4) is 0 Å². The molecule has 1 saturated carbocycles. The zero-order chi connectivity index (χ0) is 9.68. The monoisotopic (exact) mass is 203 g/mol. The molecule has 0 aromatic heterocycles. The van der Waals surface area contributed by atoms with E-state index in [1.165, 1.54) is 32.2 Å². The van der Waals surface area contributed by atoms with Gasteiger partial charge in [-0.3, -0.25) is 4.90 Å². The van der Waals surface area contributed by atoms with Gasteiger partial charge in [0.1, 0.15) is 0 Å². The van der Waals surface area contributed by atoms with Gasteiger partial charge in [0.05, 0.1) is 0 Å². The number of hydrogen-bond acceptors (Lipinski definition) is 1. The Labute approximate surface area is 87.4 Å². The van der Waals surface area contributed by atoms with Gasteiger partial charge in [0.15, 0.2) is 0 Å². The lowest BCUT2D eigenvalue weighted by molar-refractivity contribution is 0.268. The van der Waals surface area contributed by atoms with Crippen LogP contribution in [0.2, 0.25) is 0 Å². The first-order valence-corrected chi connectivity index (χ1v) is 6.07. The lowest BCUT2D eigenvalue weighted by atomic mass is 10.1. The van der Waals surface area contributed by atoms with Crippen molar-refractivity contribution in [2.24, 2.45) is 5.92 Å². The molecule has 2 heteroatoms. The fraction of sp³-hybridized carbons (Fsp3) is 1.00. The van der Waals surface area contributed by atoms with Crippen molar-refractivity contribution in [1.82, 2.24) is 4.90 Å². The van der Waals surface area contributed by atoms with E-state index in [1.807, 2.05) is 0 Å². The van der Waals surface area contributed by atoms with Crippen molar-refractivity contribution in [1.29, 1.82) is 0 Å². The molecule has 13 heavy (non-hydrogen) atoms. The van der Waals surface area contributed by atoms with Crippen LogP contribution in [0.15, 0.2) is 0 Å². The first kappa shape index (κ1) is 11.3. The van der Waals surface area contributed by atoms with Crippen LogP contribution in [0.1, 0.15) is 39.5 Å². The number of hydrogen-bond donors (Lipinski definition) is 0. The lowest BCUT2D eigenvalue weighted by Crippen LogP contribution is -2.29. The molecule has 0 aromatic carbocycles. The van der Waals surface area contributed by atoms with Gasteiger partial charge in [-0.1, -0.05) is 13.8 Å². The van der Waals surface area contributed by atoms with Crippen molar-refractivity contribution in [3.05, 3.63) is 0 Å². The quantitative estimate of drug-likeness (QED) is 0.575. The van der Waals surface area contributed by atoms with E-state index in [2.05, 4.69) is 18.7 Å². The highest BCUT2D eigenvalue weighted by Crippen LogP contribution is 2.27. The van der Waals surface area contributed by atoms with Crippen molar-refractivity contribution in [2.45, 2.75) is 45.6 Å². The summed E-state index contributed by atoms with van der Waals surface area (Å²) < 4.78 is 0. The smallest absolute Gasteiger partial charge is 0.0351 e. The largest absolute Gasteiger partial charge is 0.299 e. The zero-order valence-electron chi connectivity index (χ0n) is 8.93. The molecule has 0 aliphatic heterocycles. The third-order valence-corrected chi connectivity index (χ3v) is 2.83. The fourth-order valence-corrected chi connectivity index (χ4v) is 1.94. The van der Waals surface area contributed by atoms with Gasteiger partial charge in [0, 0.05) is 18.5 Å². The molecule has 0 heterocycles. The highest BCUT2D eigenvalue weighted by molar-refractivity contribution is 6.18. The van der Waals surface area contributed by atoms with Crippen LogP contribution in [-0.2, 0) is 0 Å². The first-order chi connectivity index (χ1) is 6.24. The van der Waals surface area contributed by atoms with Gasteiger partial charge in [-0.15, -0.1) is 11.6 Å². The summed E-state index contributed by atoms with van der Waals surface area (Å²) in [5.41, 5.74) is 0. The zero-order valence-corrected chi connectivity index (χ0v) is 9.69. The van der Waals surface area contributed by atoms with Gasteiger partial charge in [-0.2, -0.15) is 0 Å². The van der Waals surface area contributed by atoms with Crippen LogP contribution in [-0.4, -0.2) is 29.9 Å². The maximum Gasteiger partial charge on any atom is 0.0351 e. The molecule has 1 aliphatic rings. The molecule has 0 bridgehead atoms. The molecule has 0 spiro atoms.